The van der Waals surface area contributed by atoms with Crippen LogP contribution in [0.15, 0.2) is 0 Å². The maximum Gasteiger partial charge on any atom is 0.290 e. The van der Waals surface area contributed by atoms with Gasteiger partial charge in [0.2, 0.25) is 0 Å². The summed E-state index contributed by atoms with van der Waals surface area (Å²) in [6.45, 7) is 6.74. The molecule has 0 radical (unpaired) electrons. The van der Waals surface area contributed by atoms with Crippen molar-refractivity contribution in [1.82, 2.24) is 0 Å². The van der Waals surface area contributed by atoms with Gasteiger partial charge in [-0.05, 0) is 18.3 Å². The molecule has 0 fully saturated rings. The molecule has 14 heavy (non-hydrogen) atoms. The zero-order valence-electron chi connectivity index (χ0n) is 9.57. The molecule has 0 amide bonds. The lowest BCUT2D eigenvalue weighted by Crippen LogP contribution is -2.01. The number of carboxylic acid groups (broad SMARTS) is 1. The normalized spacial score (nSPS) is 13.7. The van der Waals surface area contributed by atoms with E-state index in [9.17, 15) is 0 Å². The molecule has 86 valence electrons. The van der Waals surface area contributed by atoms with Crippen LogP contribution in [0.5, 0.6) is 0 Å². The third-order valence-electron chi connectivity index (χ3n) is 2.40. The predicted molar refractivity (Wildman–Crippen MR) is 58.2 cm³/mol. The third kappa shape index (κ3) is 14.0. The summed E-state index contributed by atoms with van der Waals surface area (Å²) in [5.74, 6) is 1.36. The standard InChI is InChI=1S/C10H22O.CH2O2/c1-4-9(2)6-5-7-10(3)8-11;2-1-3/h9-11H,4-8H2,1-3H3;1H,(H,2,3). The van der Waals surface area contributed by atoms with Crippen LogP contribution in [-0.2, 0) is 4.79 Å². The quantitative estimate of drug-likeness (QED) is 0.654. The molecule has 0 saturated carbocycles. The minimum Gasteiger partial charge on any atom is -0.483 e. The Morgan fingerprint density at radius 3 is 2.00 bits per heavy atom. The monoisotopic (exact) mass is 204 g/mol. The van der Waals surface area contributed by atoms with Crippen LogP contribution in [0.3, 0.4) is 0 Å². The predicted octanol–water partition coefficient (Wildman–Crippen LogP) is 2.53. The van der Waals surface area contributed by atoms with Crippen molar-refractivity contribution >= 4 is 6.47 Å². The fourth-order valence-electron chi connectivity index (χ4n) is 1.11. The smallest absolute Gasteiger partial charge is 0.290 e. The molecule has 0 aromatic rings. The van der Waals surface area contributed by atoms with Gasteiger partial charge >= 0.3 is 0 Å². The van der Waals surface area contributed by atoms with E-state index in [-0.39, 0.29) is 6.47 Å². The van der Waals surface area contributed by atoms with E-state index in [0.717, 1.165) is 5.92 Å². The lowest BCUT2D eigenvalue weighted by Gasteiger charge is -2.10. The average Bonchev–Trinajstić information content (AvgIpc) is 2.18. The van der Waals surface area contributed by atoms with E-state index in [4.69, 9.17) is 15.0 Å². The third-order valence-corrected chi connectivity index (χ3v) is 2.40. The summed E-state index contributed by atoms with van der Waals surface area (Å²) in [7, 11) is 0. The summed E-state index contributed by atoms with van der Waals surface area (Å²) in [6, 6.07) is 0. The SMILES string of the molecule is CCC(C)CCCC(C)CO.O=CO. The van der Waals surface area contributed by atoms with E-state index < -0.39 is 0 Å². The Balaban J connectivity index is 0. The largest absolute Gasteiger partial charge is 0.483 e. The van der Waals surface area contributed by atoms with Gasteiger partial charge in [0, 0.05) is 6.61 Å². The van der Waals surface area contributed by atoms with E-state index in [0.29, 0.717) is 12.5 Å². The molecule has 0 aromatic heterocycles. The molecule has 2 unspecified atom stereocenters. The first kappa shape index (κ1) is 15.9. The molecule has 0 aliphatic carbocycles. The van der Waals surface area contributed by atoms with Gasteiger partial charge < -0.3 is 10.2 Å². The zero-order chi connectivity index (χ0) is 11.4. The molecule has 2 N–H and O–H groups in total. The van der Waals surface area contributed by atoms with E-state index >= 15 is 0 Å². The first-order chi connectivity index (χ1) is 6.62. The van der Waals surface area contributed by atoms with Gasteiger partial charge in [-0.25, -0.2) is 0 Å². The van der Waals surface area contributed by atoms with Crippen molar-refractivity contribution in [2.24, 2.45) is 11.8 Å². The van der Waals surface area contributed by atoms with E-state index in [2.05, 4.69) is 20.8 Å². The number of aliphatic hydroxyl groups excluding tert-OH is 1. The van der Waals surface area contributed by atoms with Crippen molar-refractivity contribution in [2.75, 3.05) is 6.61 Å². The van der Waals surface area contributed by atoms with Crippen molar-refractivity contribution in [3.63, 3.8) is 0 Å². The van der Waals surface area contributed by atoms with Gasteiger partial charge in [-0.2, -0.15) is 0 Å². The van der Waals surface area contributed by atoms with Crippen molar-refractivity contribution in [3.8, 4) is 0 Å². The van der Waals surface area contributed by atoms with E-state index in [1.807, 2.05) is 0 Å². The maximum absolute atomic E-state index is 8.76. The summed E-state index contributed by atoms with van der Waals surface area (Å²) >= 11 is 0. The average molecular weight is 204 g/mol. The Hall–Kier alpha value is -0.570. The van der Waals surface area contributed by atoms with Crippen molar-refractivity contribution in [1.29, 1.82) is 0 Å². The van der Waals surface area contributed by atoms with Gasteiger partial charge in [0.05, 0.1) is 0 Å². The Kier molecular flexibility index (Phi) is 14.1. The lowest BCUT2D eigenvalue weighted by atomic mass is 9.98. The molecular formula is C11H24O3. The van der Waals surface area contributed by atoms with Crippen LogP contribution in [0, 0.1) is 11.8 Å². The molecule has 3 nitrogen and oxygen atoms in total. The Labute approximate surface area is 87.1 Å². The van der Waals surface area contributed by atoms with Crippen LogP contribution >= 0.6 is 0 Å². The maximum atomic E-state index is 8.76. The topological polar surface area (TPSA) is 57.5 Å². The fraction of sp³-hybridized carbons (Fsp3) is 0.909. The number of hydrogen-bond donors (Lipinski definition) is 2. The second kappa shape index (κ2) is 12.4. The van der Waals surface area contributed by atoms with Crippen LogP contribution in [0.1, 0.15) is 46.5 Å². The van der Waals surface area contributed by atoms with Crippen molar-refractivity contribution < 1.29 is 15.0 Å². The number of hydrogen-bond acceptors (Lipinski definition) is 2. The highest BCUT2D eigenvalue weighted by Crippen LogP contribution is 2.14. The van der Waals surface area contributed by atoms with Crippen LogP contribution in [-0.4, -0.2) is 23.3 Å². The van der Waals surface area contributed by atoms with Crippen LogP contribution in [0.2, 0.25) is 0 Å². The molecular weight excluding hydrogens is 180 g/mol. The van der Waals surface area contributed by atoms with Crippen molar-refractivity contribution in [2.45, 2.75) is 46.5 Å². The highest BCUT2D eigenvalue weighted by Gasteiger charge is 2.02. The fourth-order valence-corrected chi connectivity index (χ4v) is 1.11. The Morgan fingerprint density at radius 2 is 1.64 bits per heavy atom. The highest BCUT2D eigenvalue weighted by molar-refractivity contribution is 5.32. The number of carbonyl (C=O) groups is 1. The second-order valence-electron chi connectivity index (χ2n) is 3.84. The van der Waals surface area contributed by atoms with E-state index in [1.54, 1.807) is 0 Å². The van der Waals surface area contributed by atoms with Gasteiger partial charge in [0.1, 0.15) is 0 Å². The summed E-state index contributed by atoms with van der Waals surface area (Å²) in [5, 5.41) is 15.6. The molecule has 0 aromatic carbocycles. The van der Waals surface area contributed by atoms with Gasteiger partial charge in [0.25, 0.3) is 6.47 Å². The minimum absolute atomic E-state index is 0.250. The number of rotatable bonds is 6. The summed E-state index contributed by atoms with van der Waals surface area (Å²) in [6.07, 6.45) is 5.06. The molecule has 2 atom stereocenters. The van der Waals surface area contributed by atoms with Crippen LogP contribution in [0.4, 0.5) is 0 Å². The van der Waals surface area contributed by atoms with Gasteiger partial charge in [0.15, 0.2) is 0 Å². The molecule has 0 saturated heterocycles. The van der Waals surface area contributed by atoms with Crippen molar-refractivity contribution in [3.05, 3.63) is 0 Å². The molecule has 0 rings (SSSR count). The molecule has 0 aliphatic heterocycles. The van der Waals surface area contributed by atoms with Gasteiger partial charge in [-0.1, -0.05) is 40.0 Å². The van der Waals surface area contributed by atoms with E-state index in [1.165, 1.54) is 25.7 Å². The Morgan fingerprint density at radius 1 is 1.21 bits per heavy atom. The molecule has 3 heteroatoms. The minimum atomic E-state index is -0.250. The zero-order valence-corrected chi connectivity index (χ0v) is 9.57. The first-order valence-electron chi connectivity index (χ1n) is 5.30. The number of aliphatic hydroxyl groups is 1. The molecule has 0 aliphatic rings. The molecule has 0 spiro atoms. The van der Waals surface area contributed by atoms with Gasteiger partial charge in [-0.15, -0.1) is 0 Å². The van der Waals surface area contributed by atoms with Crippen LogP contribution < -0.4 is 0 Å². The van der Waals surface area contributed by atoms with Crippen LogP contribution in [0.25, 0.3) is 0 Å². The molecule has 0 bridgehead atoms. The van der Waals surface area contributed by atoms with Gasteiger partial charge in [-0.3, -0.25) is 4.79 Å². The summed E-state index contributed by atoms with van der Waals surface area (Å²) in [5.41, 5.74) is 0. The Bertz CT molecular complexity index is 105. The first-order valence-corrected chi connectivity index (χ1v) is 5.30. The highest BCUT2D eigenvalue weighted by atomic mass is 16.3. The summed E-state index contributed by atoms with van der Waals surface area (Å²) in [4.78, 5) is 8.36. The molecule has 0 heterocycles. The second-order valence-corrected chi connectivity index (χ2v) is 3.84. The lowest BCUT2D eigenvalue weighted by molar-refractivity contribution is -0.122. The summed E-state index contributed by atoms with van der Waals surface area (Å²) < 4.78 is 0.